The minimum Gasteiger partial charge on any atom is -0.187 e. The predicted molar refractivity (Wildman–Crippen MR) is 106 cm³/mol. The number of aromatic nitrogens is 4. The quantitative estimate of drug-likeness (QED) is 0.461. The first-order valence-corrected chi connectivity index (χ1v) is 9.34. The lowest BCUT2D eigenvalue weighted by Crippen LogP contribution is -1.98. The van der Waals surface area contributed by atoms with Gasteiger partial charge in [-0.1, -0.05) is 83.6 Å². The molecule has 0 aliphatic rings. The van der Waals surface area contributed by atoms with E-state index in [9.17, 15) is 0 Å². The number of aryl methyl sites for hydroxylation is 1. The highest BCUT2D eigenvalue weighted by atomic mass is 32.1. The summed E-state index contributed by atoms with van der Waals surface area (Å²) in [4.78, 5) is 0.829. The van der Waals surface area contributed by atoms with E-state index >= 15 is 0 Å². The van der Waals surface area contributed by atoms with Gasteiger partial charge in [0.15, 0.2) is 5.82 Å². The highest BCUT2D eigenvalue weighted by molar-refractivity contribution is 7.19. The fourth-order valence-electron chi connectivity index (χ4n) is 3.20. The molecule has 0 radical (unpaired) electrons. The summed E-state index contributed by atoms with van der Waals surface area (Å²) in [5.74, 6) is 0.867. The largest absolute Gasteiger partial charge is 0.234 e. The van der Waals surface area contributed by atoms with Crippen molar-refractivity contribution in [2.24, 2.45) is 0 Å². The van der Waals surface area contributed by atoms with Crippen molar-refractivity contribution in [1.29, 1.82) is 0 Å². The molecule has 5 aromatic rings. The van der Waals surface area contributed by atoms with Crippen LogP contribution in [0.15, 0.2) is 66.7 Å². The van der Waals surface area contributed by atoms with Gasteiger partial charge >= 0.3 is 0 Å². The molecule has 0 aliphatic carbocycles. The van der Waals surface area contributed by atoms with Gasteiger partial charge in [-0.25, -0.2) is 0 Å². The molecule has 26 heavy (non-hydrogen) atoms. The van der Waals surface area contributed by atoms with E-state index in [-0.39, 0.29) is 0 Å². The third-order valence-corrected chi connectivity index (χ3v) is 5.53. The van der Waals surface area contributed by atoms with Crippen LogP contribution in [0.4, 0.5) is 0 Å². The molecular weight excluding hydrogens is 340 g/mol. The Hall–Kier alpha value is -3.05. The fraction of sp³-hybridized carbons (Fsp3) is 0.0952. The van der Waals surface area contributed by atoms with Crippen molar-refractivity contribution >= 4 is 27.1 Å². The van der Waals surface area contributed by atoms with Gasteiger partial charge in [0.2, 0.25) is 4.96 Å². The maximum atomic E-state index is 4.76. The van der Waals surface area contributed by atoms with Crippen LogP contribution in [0.25, 0.3) is 26.3 Å². The average Bonchev–Trinajstić information content (AvgIpc) is 3.25. The Morgan fingerprint density at radius 3 is 2.58 bits per heavy atom. The Morgan fingerprint density at radius 2 is 1.69 bits per heavy atom. The zero-order valence-corrected chi connectivity index (χ0v) is 15.1. The van der Waals surface area contributed by atoms with E-state index in [4.69, 9.17) is 5.10 Å². The second-order valence-corrected chi connectivity index (χ2v) is 7.35. The minimum absolute atomic E-state index is 0.708. The van der Waals surface area contributed by atoms with Crippen LogP contribution in [0.5, 0.6) is 0 Å². The summed E-state index contributed by atoms with van der Waals surface area (Å²) in [6, 6.07) is 23.2. The van der Waals surface area contributed by atoms with Crippen LogP contribution in [-0.4, -0.2) is 19.8 Å². The van der Waals surface area contributed by atoms with Gasteiger partial charge in [-0.05, 0) is 23.3 Å². The molecule has 126 valence electrons. The second-order valence-electron chi connectivity index (χ2n) is 6.40. The molecule has 0 fully saturated rings. The number of fused-ring (bicyclic) bond motifs is 2. The zero-order chi connectivity index (χ0) is 17.5. The molecule has 0 bridgehead atoms. The van der Waals surface area contributed by atoms with Gasteiger partial charge in [0, 0.05) is 12.0 Å². The summed E-state index contributed by atoms with van der Waals surface area (Å²) < 4.78 is 1.88. The first-order chi connectivity index (χ1) is 12.8. The van der Waals surface area contributed by atoms with E-state index in [1.807, 2.05) is 4.52 Å². The molecule has 0 saturated heterocycles. The molecule has 2 aromatic heterocycles. The third-order valence-electron chi connectivity index (χ3n) is 4.58. The lowest BCUT2D eigenvalue weighted by Gasteiger charge is -2.04. The molecule has 3 aromatic carbocycles. The Balaban J connectivity index is 1.56. The summed E-state index contributed by atoms with van der Waals surface area (Å²) >= 11 is 1.57. The molecule has 2 heterocycles. The number of hydrogen-bond acceptors (Lipinski definition) is 4. The molecular formula is C21H16N4S. The van der Waals surface area contributed by atoms with Crippen molar-refractivity contribution in [1.82, 2.24) is 19.8 Å². The van der Waals surface area contributed by atoms with Crippen LogP contribution in [-0.2, 0) is 6.42 Å². The van der Waals surface area contributed by atoms with Gasteiger partial charge in [-0.2, -0.15) is 9.61 Å². The Labute approximate surface area is 154 Å². The number of rotatable bonds is 3. The highest BCUT2D eigenvalue weighted by Crippen LogP contribution is 2.27. The van der Waals surface area contributed by atoms with Gasteiger partial charge in [0.05, 0.1) is 0 Å². The highest BCUT2D eigenvalue weighted by Gasteiger charge is 2.14. The van der Waals surface area contributed by atoms with Crippen LogP contribution in [0.1, 0.15) is 17.0 Å². The second kappa shape index (κ2) is 6.04. The summed E-state index contributed by atoms with van der Waals surface area (Å²) in [5.41, 5.74) is 3.60. The van der Waals surface area contributed by atoms with Gasteiger partial charge in [0.25, 0.3) is 0 Å². The first-order valence-electron chi connectivity index (χ1n) is 8.53. The average molecular weight is 356 g/mol. The zero-order valence-electron chi connectivity index (χ0n) is 14.3. The van der Waals surface area contributed by atoms with Gasteiger partial charge < -0.3 is 0 Å². The molecule has 5 rings (SSSR count). The Morgan fingerprint density at radius 1 is 0.885 bits per heavy atom. The molecule has 4 nitrogen and oxygen atoms in total. The molecule has 0 N–H and O–H groups in total. The van der Waals surface area contributed by atoms with Gasteiger partial charge in [-0.15, -0.1) is 10.2 Å². The lowest BCUT2D eigenvalue weighted by atomic mass is 10.0. The standard InChI is InChI=1S/C21H16N4S/c1-14-9-11-16(12-10-14)20-24-25-19(22-23-21(25)26-20)13-17-7-4-6-15-5-2-3-8-18(15)17/h2-12H,13H2,1H3. The molecule has 5 heteroatoms. The van der Waals surface area contributed by atoms with E-state index in [0.717, 1.165) is 21.4 Å². The van der Waals surface area contributed by atoms with Crippen LogP contribution in [0.2, 0.25) is 0 Å². The van der Waals surface area contributed by atoms with Crippen LogP contribution >= 0.6 is 11.3 Å². The molecule has 0 unspecified atom stereocenters. The molecule has 0 aliphatic heterocycles. The van der Waals surface area contributed by atoms with Crippen LogP contribution in [0, 0.1) is 6.92 Å². The lowest BCUT2D eigenvalue weighted by molar-refractivity contribution is 0.857. The van der Waals surface area contributed by atoms with Crippen LogP contribution < -0.4 is 0 Å². The predicted octanol–water partition coefficient (Wildman–Crippen LogP) is 4.91. The monoisotopic (exact) mass is 356 g/mol. The van der Waals surface area contributed by atoms with Crippen molar-refractivity contribution in [2.45, 2.75) is 13.3 Å². The van der Waals surface area contributed by atoms with E-state index in [0.29, 0.717) is 6.42 Å². The van der Waals surface area contributed by atoms with E-state index in [2.05, 4.69) is 83.9 Å². The van der Waals surface area contributed by atoms with Crippen LogP contribution in [0.3, 0.4) is 0 Å². The van der Waals surface area contributed by atoms with Crippen molar-refractivity contribution in [3.63, 3.8) is 0 Å². The number of nitrogens with zero attached hydrogens (tertiary/aromatic N) is 4. The third kappa shape index (κ3) is 2.57. The molecule has 0 amide bonds. The van der Waals surface area contributed by atoms with Crippen molar-refractivity contribution in [3.8, 4) is 10.6 Å². The Kier molecular flexibility index (Phi) is 3.53. The van der Waals surface area contributed by atoms with Crippen molar-refractivity contribution < 1.29 is 0 Å². The smallest absolute Gasteiger partial charge is 0.187 e. The summed E-state index contributed by atoms with van der Waals surface area (Å²) in [5, 5.41) is 16.9. The molecule has 0 spiro atoms. The van der Waals surface area contributed by atoms with Gasteiger partial charge in [-0.3, -0.25) is 0 Å². The Bertz CT molecular complexity index is 1210. The molecule has 0 saturated carbocycles. The fourth-order valence-corrected chi connectivity index (χ4v) is 4.06. The molecule has 0 atom stereocenters. The topological polar surface area (TPSA) is 43.1 Å². The van der Waals surface area contributed by atoms with Crippen molar-refractivity contribution in [2.75, 3.05) is 0 Å². The normalized spacial score (nSPS) is 11.4. The SMILES string of the molecule is Cc1ccc(-c2nn3c(Cc4cccc5ccccc45)nnc3s2)cc1. The minimum atomic E-state index is 0.708. The van der Waals surface area contributed by atoms with Gasteiger partial charge in [0.1, 0.15) is 5.01 Å². The summed E-state index contributed by atoms with van der Waals surface area (Å²) in [6.45, 7) is 2.09. The number of benzene rings is 3. The van der Waals surface area contributed by atoms with E-state index < -0.39 is 0 Å². The maximum Gasteiger partial charge on any atom is 0.234 e. The number of hydrogen-bond donors (Lipinski definition) is 0. The summed E-state index contributed by atoms with van der Waals surface area (Å²) in [7, 11) is 0. The van der Waals surface area contributed by atoms with Crippen molar-refractivity contribution in [3.05, 3.63) is 83.7 Å². The van der Waals surface area contributed by atoms with E-state index in [1.165, 1.54) is 21.9 Å². The maximum absolute atomic E-state index is 4.76. The summed E-state index contributed by atoms with van der Waals surface area (Å²) in [6.07, 6.45) is 0.708. The first kappa shape index (κ1) is 15.2. The van der Waals surface area contributed by atoms with E-state index in [1.54, 1.807) is 11.3 Å².